The number of ether oxygens (including phenoxy) is 2. The number of carbonyl (C=O) groups is 1. The molecule has 1 aliphatic heterocycles. The number of rotatable bonds is 4. The maximum atomic E-state index is 13.6. The summed E-state index contributed by atoms with van der Waals surface area (Å²) in [5.74, 6) is 0.602. The van der Waals surface area contributed by atoms with E-state index in [2.05, 4.69) is 31.0 Å². The van der Waals surface area contributed by atoms with Crippen LogP contribution in [0.2, 0.25) is 0 Å². The van der Waals surface area contributed by atoms with Gasteiger partial charge in [-0.15, -0.1) is 0 Å². The molecule has 1 aromatic rings. The number of nitrogens with one attached hydrogen (secondary N) is 1. The van der Waals surface area contributed by atoms with Gasteiger partial charge in [0.1, 0.15) is 29.4 Å². The number of piperidine rings is 1. The molecule has 0 spiro atoms. The summed E-state index contributed by atoms with van der Waals surface area (Å²) in [6, 6.07) is 5.30. The van der Waals surface area contributed by atoms with Crippen LogP contribution in [0, 0.1) is 17.2 Å². The monoisotopic (exact) mass is 450 g/mol. The Morgan fingerprint density at radius 3 is 2.38 bits per heavy atom. The van der Waals surface area contributed by atoms with Crippen molar-refractivity contribution in [2.45, 2.75) is 90.7 Å². The van der Waals surface area contributed by atoms with E-state index in [0.717, 1.165) is 25.9 Å². The lowest BCUT2D eigenvalue weighted by molar-refractivity contribution is -0.0121. The quantitative estimate of drug-likeness (QED) is 0.713. The molecule has 1 amide bonds. The first-order valence-corrected chi connectivity index (χ1v) is 11.7. The summed E-state index contributed by atoms with van der Waals surface area (Å²) in [5.41, 5.74) is -0.364. The molecule has 7 heteroatoms. The Bertz CT molecular complexity index is 781. The van der Waals surface area contributed by atoms with Gasteiger partial charge in [-0.1, -0.05) is 26.8 Å². The summed E-state index contributed by atoms with van der Waals surface area (Å²) in [6.45, 7) is 14.0. The van der Waals surface area contributed by atoms with Crippen LogP contribution in [0.4, 0.5) is 9.18 Å². The van der Waals surface area contributed by atoms with E-state index in [1.807, 2.05) is 20.8 Å². The molecule has 180 valence electrons. The Hall–Kier alpha value is -1.86. The van der Waals surface area contributed by atoms with E-state index in [9.17, 15) is 14.3 Å². The second-order valence-electron chi connectivity index (χ2n) is 11.3. The molecule has 0 bridgehead atoms. The third kappa shape index (κ3) is 6.35. The molecule has 1 saturated heterocycles. The van der Waals surface area contributed by atoms with Crippen LogP contribution in [-0.2, 0) is 4.74 Å². The Balaban J connectivity index is 1.74. The molecule has 0 unspecified atom stereocenters. The first-order valence-electron chi connectivity index (χ1n) is 11.7. The van der Waals surface area contributed by atoms with Crippen molar-refractivity contribution < 1.29 is 23.8 Å². The first-order chi connectivity index (χ1) is 14.8. The number of likely N-dealkylation sites (tertiary alicyclic amines) is 1. The highest BCUT2D eigenvalue weighted by atomic mass is 19.1. The minimum atomic E-state index is -0.815. The fraction of sp³-hybridized carbons (Fsp3) is 0.720. The average molecular weight is 451 g/mol. The lowest BCUT2D eigenvalue weighted by Gasteiger charge is -2.43. The van der Waals surface area contributed by atoms with E-state index in [-0.39, 0.29) is 23.3 Å². The van der Waals surface area contributed by atoms with Gasteiger partial charge < -0.3 is 19.9 Å². The van der Waals surface area contributed by atoms with Gasteiger partial charge in [0.2, 0.25) is 0 Å². The number of aliphatic hydroxyl groups excluding tert-OH is 1. The fourth-order valence-corrected chi connectivity index (χ4v) is 4.96. The van der Waals surface area contributed by atoms with Gasteiger partial charge in [-0.25, -0.2) is 9.18 Å². The fourth-order valence-electron chi connectivity index (χ4n) is 4.96. The number of hydrogen-bond acceptors (Lipinski definition) is 5. The van der Waals surface area contributed by atoms with Gasteiger partial charge in [-0.05, 0) is 70.2 Å². The number of amides is 1. The van der Waals surface area contributed by atoms with Crippen LogP contribution in [0.1, 0.15) is 60.8 Å². The van der Waals surface area contributed by atoms with Crippen LogP contribution in [0.3, 0.4) is 0 Å². The minimum Gasteiger partial charge on any atom is -0.487 e. The number of nitrogens with zero attached hydrogens (tertiary/aromatic N) is 1. The summed E-state index contributed by atoms with van der Waals surface area (Å²) in [7, 11) is 0. The molecule has 6 nitrogen and oxygen atoms in total. The Morgan fingerprint density at radius 1 is 1.16 bits per heavy atom. The van der Waals surface area contributed by atoms with Crippen LogP contribution < -0.4 is 10.1 Å². The van der Waals surface area contributed by atoms with E-state index in [1.54, 1.807) is 12.1 Å². The van der Waals surface area contributed by atoms with E-state index >= 15 is 0 Å². The van der Waals surface area contributed by atoms with Crippen molar-refractivity contribution in [3.8, 4) is 5.75 Å². The van der Waals surface area contributed by atoms with Crippen molar-refractivity contribution in [3.05, 3.63) is 30.1 Å². The number of aliphatic hydroxyl groups is 1. The number of carbonyl (C=O) groups excluding carboxylic acids is 1. The summed E-state index contributed by atoms with van der Waals surface area (Å²) in [6.07, 6.45) is 0.630. The molecule has 4 atom stereocenters. The molecule has 2 aliphatic rings. The van der Waals surface area contributed by atoms with Crippen LogP contribution >= 0.6 is 0 Å². The summed E-state index contributed by atoms with van der Waals surface area (Å²) >= 11 is 0. The van der Waals surface area contributed by atoms with Gasteiger partial charge in [-0.2, -0.15) is 0 Å². The zero-order valence-corrected chi connectivity index (χ0v) is 20.2. The van der Waals surface area contributed by atoms with Crippen molar-refractivity contribution in [1.82, 2.24) is 10.2 Å². The van der Waals surface area contributed by atoms with E-state index in [1.165, 1.54) is 12.1 Å². The second-order valence-corrected chi connectivity index (χ2v) is 11.3. The minimum absolute atomic E-state index is 0.248. The topological polar surface area (TPSA) is 71.0 Å². The largest absolute Gasteiger partial charge is 0.487 e. The zero-order valence-electron chi connectivity index (χ0n) is 20.2. The molecule has 1 saturated carbocycles. The molecule has 0 radical (unpaired) electrons. The lowest BCUT2D eigenvalue weighted by Crippen LogP contribution is -2.56. The zero-order chi connectivity index (χ0) is 23.7. The average Bonchev–Trinajstić information content (AvgIpc) is 2.94. The SMILES string of the molecule is CC(C)(C)OC(=O)N[C@@H]1C[C@@H](Oc2cccc(F)c2)[C@H](O)[C@H]1N1CCC(C(C)(C)C)CC1. The molecule has 0 aromatic heterocycles. The molecular weight excluding hydrogens is 411 g/mol. The molecule has 2 fully saturated rings. The molecule has 32 heavy (non-hydrogen) atoms. The normalized spacial score (nSPS) is 27.9. The summed E-state index contributed by atoms with van der Waals surface area (Å²) in [4.78, 5) is 14.8. The van der Waals surface area contributed by atoms with Gasteiger partial charge in [0.15, 0.2) is 0 Å². The van der Waals surface area contributed by atoms with Crippen LogP contribution in [-0.4, -0.2) is 59.1 Å². The number of hydrogen-bond donors (Lipinski definition) is 2. The van der Waals surface area contributed by atoms with E-state index in [4.69, 9.17) is 9.47 Å². The molecule has 2 N–H and O–H groups in total. The third-order valence-electron chi connectivity index (χ3n) is 6.59. The molecule has 1 aromatic carbocycles. The van der Waals surface area contributed by atoms with Crippen molar-refractivity contribution in [2.75, 3.05) is 13.1 Å². The van der Waals surface area contributed by atoms with Crippen molar-refractivity contribution in [2.24, 2.45) is 11.3 Å². The Kier molecular flexibility index (Phi) is 7.40. The van der Waals surface area contributed by atoms with Crippen LogP contribution in [0.15, 0.2) is 24.3 Å². The van der Waals surface area contributed by atoms with Gasteiger partial charge in [0, 0.05) is 12.5 Å². The molecule has 1 heterocycles. The van der Waals surface area contributed by atoms with Gasteiger partial charge in [0.05, 0.1) is 12.1 Å². The number of alkyl carbamates (subject to hydrolysis) is 1. The predicted octanol–water partition coefficient (Wildman–Crippen LogP) is 4.36. The summed E-state index contributed by atoms with van der Waals surface area (Å²) in [5, 5.41) is 14.2. The maximum Gasteiger partial charge on any atom is 0.407 e. The van der Waals surface area contributed by atoms with Crippen LogP contribution in [0.25, 0.3) is 0 Å². The number of halogens is 1. The van der Waals surface area contributed by atoms with Gasteiger partial charge in [-0.3, -0.25) is 4.90 Å². The predicted molar refractivity (Wildman–Crippen MR) is 122 cm³/mol. The van der Waals surface area contributed by atoms with Crippen LogP contribution in [0.5, 0.6) is 5.75 Å². The highest BCUT2D eigenvalue weighted by Gasteiger charge is 2.48. The molecule has 1 aliphatic carbocycles. The highest BCUT2D eigenvalue weighted by Crippen LogP contribution is 2.37. The van der Waals surface area contributed by atoms with E-state index < -0.39 is 23.9 Å². The summed E-state index contributed by atoms with van der Waals surface area (Å²) < 4.78 is 25.1. The molecular formula is C25H39FN2O4. The maximum absolute atomic E-state index is 13.6. The third-order valence-corrected chi connectivity index (χ3v) is 6.59. The van der Waals surface area contributed by atoms with E-state index in [0.29, 0.717) is 18.1 Å². The first kappa shape index (κ1) is 24.8. The number of benzene rings is 1. The lowest BCUT2D eigenvalue weighted by atomic mass is 9.75. The second kappa shape index (κ2) is 9.56. The van der Waals surface area contributed by atoms with Crippen molar-refractivity contribution in [1.29, 1.82) is 0 Å². The van der Waals surface area contributed by atoms with Gasteiger partial charge in [0.25, 0.3) is 0 Å². The highest BCUT2D eigenvalue weighted by molar-refractivity contribution is 5.68. The Morgan fingerprint density at radius 2 is 1.81 bits per heavy atom. The van der Waals surface area contributed by atoms with Gasteiger partial charge >= 0.3 is 6.09 Å². The molecule has 3 rings (SSSR count). The smallest absolute Gasteiger partial charge is 0.407 e. The standard InChI is InChI=1S/C25H39FN2O4/c1-24(2,3)16-10-12-28(13-11-16)21-19(27-23(30)32-25(4,5)6)15-20(22(21)29)31-18-9-7-8-17(26)14-18/h7-9,14,16,19-22,29H,10-13,15H2,1-6H3,(H,27,30)/t19-,20-,21+,22+/m1/s1. The Labute approximate surface area is 191 Å². The van der Waals surface area contributed by atoms with Crippen molar-refractivity contribution >= 4 is 6.09 Å². The van der Waals surface area contributed by atoms with Crippen molar-refractivity contribution in [3.63, 3.8) is 0 Å².